The third-order valence-electron chi connectivity index (χ3n) is 3.85. The number of nitrogens with zero attached hydrogens (tertiary/aromatic N) is 1. The van der Waals surface area contributed by atoms with Gasteiger partial charge in [0.25, 0.3) is 0 Å². The lowest BCUT2D eigenvalue weighted by Gasteiger charge is -2.32. The molecule has 3 unspecified atom stereocenters. The highest BCUT2D eigenvalue weighted by Gasteiger charge is 2.26. The quantitative estimate of drug-likeness (QED) is 0.721. The summed E-state index contributed by atoms with van der Waals surface area (Å²) in [5.74, 6) is 0.138. The molecular formula is C13H27N3O. The number of carbonyl (C=O) groups excluding carboxylic acids is 1. The molecule has 1 amide bonds. The maximum atomic E-state index is 11.5. The Morgan fingerprint density at radius 3 is 2.71 bits per heavy atom. The molecule has 0 radical (unpaired) electrons. The molecule has 100 valence electrons. The van der Waals surface area contributed by atoms with E-state index in [4.69, 9.17) is 5.73 Å². The number of likely N-dealkylation sites (N-methyl/N-ethyl adjacent to an activating group) is 1. The second kappa shape index (κ2) is 6.97. The van der Waals surface area contributed by atoms with E-state index in [1.54, 1.807) is 7.05 Å². The Bertz CT molecular complexity index is 245. The van der Waals surface area contributed by atoms with E-state index >= 15 is 0 Å². The Kier molecular flexibility index (Phi) is 5.92. The molecule has 3 atom stereocenters. The minimum atomic E-state index is 0.0282. The van der Waals surface area contributed by atoms with Crippen LogP contribution in [-0.2, 0) is 4.79 Å². The highest BCUT2D eigenvalue weighted by atomic mass is 16.1. The number of hydrogen-bond acceptors (Lipinski definition) is 3. The summed E-state index contributed by atoms with van der Waals surface area (Å²) in [5, 5.41) is 2.70. The van der Waals surface area contributed by atoms with E-state index in [-0.39, 0.29) is 17.9 Å². The normalized spacial score (nSPS) is 27.6. The lowest BCUT2D eigenvalue weighted by molar-refractivity contribution is -0.124. The Balaban J connectivity index is 2.49. The molecule has 0 aromatic carbocycles. The van der Waals surface area contributed by atoms with Crippen LogP contribution in [0.2, 0.25) is 0 Å². The summed E-state index contributed by atoms with van der Waals surface area (Å²) < 4.78 is 0. The average Bonchev–Trinajstić information content (AvgIpc) is 2.52. The Morgan fingerprint density at radius 2 is 2.06 bits per heavy atom. The largest absolute Gasteiger partial charge is 0.359 e. The summed E-state index contributed by atoms with van der Waals surface area (Å²) in [7, 11) is 3.78. The molecule has 1 saturated carbocycles. The number of nitrogens with one attached hydrogen (secondary N) is 1. The Labute approximate surface area is 105 Å². The molecule has 4 heteroatoms. The molecule has 0 aromatic heterocycles. The van der Waals surface area contributed by atoms with E-state index in [1.807, 2.05) is 6.92 Å². The molecule has 1 aliphatic carbocycles. The van der Waals surface area contributed by atoms with Gasteiger partial charge in [-0.2, -0.15) is 0 Å². The van der Waals surface area contributed by atoms with Crippen LogP contribution >= 0.6 is 0 Å². The zero-order valence-corrected chi connectivity index (χ0v) is 11.4. The number of hydrogen-bond donors (Lipinski definition) is 2. The summed E-state index contributed by atoms with van der Waals surface area (Å²) in [4.78, 5) is 13.8. The van der Waals surface area contributed by atoms with Crippen LogP contribution in [0, 0.1) is 5.92 Å². The zero-order chi connectivity index (χ0) is 12.8. The van der Waals surface area contributed by atoms with Crippen molar-refractivity contribution in [3.05, 3.63) is 0 Å². The summed E-state index contributed by atoms with van der Waals surface area (Å²) in [6.07, 6.45) is 6.08. The minimum Gasteiger partial charge on any atom is -0.359 e. The average molecular weight is 241 g/mol. The van der Waals surface area contributed by atoms with Crippen molar-refractivity contribution in [1.82, 2.24) is 10.2 Å². The first-order valence-corrected chi connectivity index (χ1v) is 6.73. The van der Waals surface area contributed by atoms with Crippen molar-refractivity contribution >= 4 is 5.91 Å². The molecule has 0 aromatic rings. The van der Waals surface area contributed by atoms with Crippen molar-refractivity contribution in [2.24, 2.45) is 11.7 Å². The fourth-order valence-corrected chi connectivity index (χ4v) is 2.76. The second-order valence-corrected chi connectivity index (χ2v) is 5.32. The van der Waals surface area contributed by atoms with Gasteiger partial charge in [-0.3, -0.25) is 4.79 Å². The molecule has 0 heterocycles. The number of carbonyl (C=O) groups is 1. The molecule has 0 bridgehead atoms. The van der Waals surface area contributed by atoms with Gasteiger partial charge in [0.1, 0.15) is 0 Å². The van der Waals surface area contributed by atoms with E-state index in [1.165, 1.54) is 19.3 Å². The molecule has 0 saturated heterocycles. The first-order valence-electron chi connectivity index (χ1n) is 6.73. The van der Waals surface area contributed by atoms with Crippen LogP contribution in [0.15, 0.2) is 0 Å². The van der Waals surface area contributed by atoms with Gasteiger partial charge < -0.3 is 16.0 Å². The lowest BCUT2D eigenvalue weighted by Crippen LogP contribution is -2.48. The highest BCUT2D eigenvalue weighted by Crippen LogP contribution is 2.21. The fourth-order valence-electron chi connectivity index (χ4n) is 2.76. The molecule has 17 heavy (non-hydrogen) atoms. The third kappa shape index (κ3) is 4.28. The van der Waals surface area contributed by atoms with Crippen molar-refractivity contribution in [2.75, 3.05) is 20.6 Å². The molecular weight excluding hydrogens is 214 g/mol. The minimum absolute atomic E-state index is 0.0282. The molecule has 4 nitrogen and oxygen atoms in total. The van der Waals surface area contributed by atoms with Gasteiger partial charge in [0, 0.05) is 31.6 Å². The van der Waals surface area contributed by atoms with E-state index in [9.17, 15) is 4.79 Å². The zero-order valence-electron chi connectivity index (χ0n) is 11.4. The smallest absolute Gasteiger partial charge is 0.223 e. The molecule has 1 fully saturated rings. The van der Waals surface area contributed by atoms with Crippen molar-refractivity contribution < 1.29 is 4.79 Å². The molecule has 0 aliphatic heterocycles. The number of rotatable bonds is 4. The predicted molar refractivity (Wildman–Crippen MR) is 70.7 cm³/mol. The van der Waals surface area contributed by atoms with Crippen molar-refractivity contribution in [2.45, 2.75) is 51.1 Å². The second-order valence-electron chi connectivity index (χ2n) is 5.32. The first kappa shape index (κ1) is 14.5. The molecule has 3 N–H and O–H groups in total. The molecule has 1 rings (SSSR count). The van der Waals surface area contributed by atoms with Gasteiger partial charge in [-0.25, -0.2) is 0 Å². The summed E-state index contributed by atoms with van der Waals surface area (Å²) in [5.41, 5.74) is 6.22. The van der Waals surface area contributed by atoms with Crippen LogP contribution in [0.5, 0.6) is 0 Å². The highest BCUT2D eigenvalue weighted by molar-refractivity contribution is 5.78. The monoisotopic (exact) mass is 241 g/mol. The molecule has 1 aliphatic rings. The number of amides is 1. The summed E-state index contributed by atoms with van der Waals surface area (Å²) in [6, 6.07) is 0.698. The van der Waals surface area contributed by atoms with Gasteiger partial charge in [0.15, 0.2) is 0 Å². The summed E-state index contributed by atoms with van der Waals surface area (Å²) in [6.45, 7) is 2.76. The predicted octanol–water partition coefficient (Wildman–Crippen LogP) is 0.960. The first-order chi connectivity index (χ1) is 8.06. The van der Waals surface area contributed by atoms with Crippen LogP contribution < -0.4 is 11.1 Å². The van der Waals surface area contributed by atoms with Gasteiger partial charge in [-0.05, 0) is 19.9 Å². The van der Waals surface area contributed by atoms with E-state index in [0.29, 0.717) is 6.04 Å². The maximum Gasteiger partial charge on any atom is 0.223 e. The Morgan fingerprint density at radius 1 is 1.41 bits per heavy atom. The van der Waals surface area contributed by atoms with E-state index < -0.39 is 0 Å². The van der Waals surface area contributed by atoms with Gasteiger partial charge in [-0.15, -0.1) is 0 Å². The summed E-state index contributed by atoms with van der Waals surface area (Å²) >= 11 is 0. The van der Waals surface area contributed by atoms with Gasteiger partial charge in [-0.1, -0.05) is 26.2 Å². The Hall–Kier alpha value is -0.610. The standard InChI is InChI=1S/C13H27N3O/c1-10(13(17)15-2)9-16(3)12-8-6-4-5-7-11(12)14/h10-12H,4-9,14H2,1-3H3,(H,15,17). The van der Waals surface area contributed by atoms with Crippen LogP contribution in [-0.4, -0.2) is 43.5 Å². The van der Waals surface area contributed by atoms with Gasteiger partial charge in [0.2, 0.25) is 5.91 Å². The van der Waals surface area contributed by atoms with Gasteiger partial charge in [0.05, 0.1) is 0 Å². The fraction of sp³-hybridized carbons (Fsp3) is 0.923. The SMILES string of the molecule is CNC(=O)C(C)CN(C)C1CCCCCC1N. The third-order valence-corrected chi connectivity index (χ3v) is 3.85. The van der Waals surface area contributed by atoms with Crippen LogP contribution in [0.1, 0.15) is 39.0 Å². The van der Waals surface area contributed by atoms with Crippen molar-refractivity contribution in [3.8, 4) is 0 Å². The van der Waals surface area contributed by atoms with Gasteiger partial charge >= 0.3 is 0 Å². The lowest BCUT2D eigenvalue weighted by atomic mass is 10.0. The van der Waals surface area contributed by atoms with Crippen LogP contribution in [0.3, 0.4) is 0 Å². The van der Waals surface area contributed by atoms with Crippen LogP contribution in [0.25, 0.3) is 0 Å². The van der Waals surface area contributed by atoms with Crippen molar-refractivity contribution in [3.63, 3.8) is 0 Å². The van der Waals surface area contributed by atoms with Crippen LogP contribution in [0.4, 0.5) is 0 Å². The topological polar surface area (TPSA) is 58.4 Å². The maximum absolute atomic E-state index is 11.5. The van der Waals surface area contributed by atoms with E-state index in [0.717, 1.165) is 19.4 Å². The number of nitrogens with two attached hydrogens (primary N) is 1. The van der Waals surface area contributed by atoms with Crippen molar-refractivity contribution in [1.29, 1.82) is 0 Å². The molecule has 0 spiro atoms. The van der Waals surface area contributed by atoms with E-state index in [2.05, 4.69) is 17.3 Å².